The van der Waals surface area contributed by atoms with Gasteiger partial charge in [-0.1, -0.05) is 23.7 Å². The average molecular weight is 398 g/mol. The van der Waals surface area contributed by atoms with E-state index in [0.717, 1.165) is 5.56 Å². The lowest BCUT2D eigenvalue weighted by Crippen LogP contribution is -2.29. The van der Waals surface area contributed by atoms with Gasteiger partial charge in [-0.05, 0) is 48.9 Å². The summed E-state index contributed by atoms with van der Waals surface area (Å²) >= 11 is 5.88. The summed E-state index contributed by atoms with van der Waals surface area (Å²) in [5.74, 6) is -0.713. The molecule has 3 rings (SSSR count). The molecule has 0 aromatic heterocycles. The monoisotopic (exact) mass is 397 g/mol. The first-order chi connectivity index (χ1) is 12.4. The molecule has 0 unspecified atom stereocenters. The van der Waals surface area contributed by atoms with E-state index in [1.165, 1.54) is 24.3 Å². The van der Waals surface area contributed by atoms with Crippen molar-refractivity contribution in [1.82, 2.24) is 0 Å². The van der Waals surface area contributed by atoms with E-state index in [0.29, 0.717) is 11.6 Å². The highest BCUT2D eigenvalue weighted by Crippen LogP contribution is 2.63. The van der Waals surface area contributed by atoms with Crippen molar-refractivity contribution in [2.45, 2.75) is 23.0 Å². The second-order valence-electron chi connectivity index (χ2n) is 6.52. The van der Waals surface area contributed by atoms with E-state index >= 15 is 0 Å². The summed E-state index contributed by atoms with van der Waals surface area (Å²) in [7, 11) is -3.65. The molecule has 140 valence electrons. The predicted molar refractivity (Wildman–Crippen MR) is 99.5 cm³/mol. The lowest BCUT2D eigenvalue weighted by molar-refractivity contribution is 0.101. The maximum Gasteiger partial charge on any atom is 0.182 e. The highest BCUT2D eigenvalue weighted by molar-refractivity contribution is 7.92. The topological polar surface area (TPSA) is 69.4 Å². The van der Waals surface area contributed by atoms with Crippen LogP contribution in [0.1, 0.15) is 18.4 Å². The van der Waals surface area contributed by atoms with E-state index in [4.69, 9.17) is 22.1 Å². The van der Waals surface area contributed by atoms with Gasteiger partial charge in [0.2, 0.25) is 0 Å². The van der Waals surface area contributed by atoms with Gasteiger partial charge in [0.15, 0.2) is 9.84 Å². The van der Waals surface area contributed by atoms with Crippen molar-refractivity contribution >= 4 is 21.4 Å². The van der Waals surface area contributed by atoms with E-state index < -0.39 is 20.5 Å². The third kappa shape index (κ3) is 3.27. The van der Waals surface area contributed by atoms with Crippen LogP contribution in [-0.4, -0.2) is 33.4 Å². The van der Waals surface area contributed by atoms with Gasteiger partial charge in [0.05, 0.1) is 16.8 Å². The lowest BCUT2D eigenvalue weighted by atomic mass is 10.00. The van der Waals surface area contributed by atoms with Crippen molar-refractivity contribution in [2.75, 3.05) is 19.8 Å². The summed E-state index contributed by atoms with van der Waals surface area (Å²) < 4.78 is 45.4. The Bertz CT molecular complexity index is 871. The van der Waals surface area contributed by atoms with Gasteiger partial charge in [-0.3, -0.25) is 0 Å². The Hall–Kier alpha value is -1.47. The van der Waals surface area contributed by atoms with E-state index in [1.54, 1.807) is 24.3 Å². The Morgan fingerprint density at radius 2 is 1.77 bits per heavy atom. The van der Waals surface area contributed by atoms with Gasteiger partial charge < -0.3 is 10.5 Å². The Morgan fingerprint density at radius 1 is 1.15 bits per heavy atom. The molecule has 0 radical (unpaired) electrons. The second kappa shape index (κ2) is 7.27. The van der Waals surface area contributed by atoms with E-state index in [-0.39, 0.29) is 29.8 Å². The van der Waals surface area contributed by atoms with Gasteiger partial charge in [0.1, 0.15) is 5.82 Å². The molecular formula is C19H21ClFNO3S. The fraction of sp³-hybridized carbons (Fsp3) is 0.368. The number of rotatable bonds is 7. The fourth-order valence-electron chi connectivity index (χ4n) is 3.66. The molecule has 0 heterocycles. The highest BCUT2D eigenvalue weighted by Gasteiger charge is 2.70. The molecule has 0 aliphatic heterocycles. The zero-order valence-corrected chi connectivity index (χ0v) is 15.9. The molecule has 0 spiro atoms. The third-order valence-electron chi connectivity index (χ3n) is 5.04. The van der Waals surface area contributed by atoms with Gasteiger partial charge in [-0.2, -0.15) is 0 Å². The van der Waals surface area contributed by atoms with Crippen molar-refractivity contribution < 1.29 is 17.5 Å². The molecule has 3 atom stereocenters. The van der Waals surface area contributed by atoms with E-state index in [1.807, 2.05) is 6.92 Å². The summed E-state index contributed by atoms with van der Waals surface area (Å²) in [5.41, 5.74) is 6.04. The summed E-state index contributed by atoms with van der Waals surface area (Å²) in [4.78, 5) is 0.200. The van der Waals surface area contributed by atoms with Crippen LogP contribution in [0.2, 0.25) is 5.02 Å². The maximum absolute atomic E-state index is 13.3. The van der Waals surface area contributed by atoms with Gasteiger partial charge in [-0.15, -0.1) is 0 Å². The van der Waals surface area contributed by atoms with Crippen LogP contribution in [-0.2, 0) is 14.6 Å². The summed E-state index contributed by atoms with van der Waals surface area (Å²) in [6.45, 7) is 2.71. The molecule has 0 saturated heterocycles. The Kier molecular flexibility index (Phi) is 5.40. The van der Waals surface area contributed by atoms with Crippen LogP contribution in [0, 0.1) is 11.2 Å². The minimum Gasteiger partial charge on any atom is -0.381 e. The number of benzene rings is 2. The van der Waals surface area contributed by atoms with Gasteiger partial charge in [0, 0.05) is 29.5 Å². The SMILES string of the molecule is CCOC[C@]1(CN)[C@H](c2ccc(F)cc2)[C@H]1S(=O)(=O)c1ccc(Cl)cc1. The maximum atomic E-state index is 13.3. The third-order valence-corrected chi connectivity index (χ3v) is 7.63. The normalized spacial score (nSPS) is 25.2. The van der Waals surface area contributed by atoms with Gasteiger partial charge in [0.25, 0.3) is 0 Å². The molecule has 1 fully saturated rings. The molecule has 4 nitrogen and oxygen atoms in total. The Labute approximate surface area is 158 Å². The van der Waals surface area contributed by atoms with Crippen LogP contribution >= 0.6 is 11.6 Å². The van der Waals surface area contributed by atoms with Crippen LogP contribution in [0.15, 0.2) is 53.4 Å². The molecule has 2 aromatic carbocycles. The molecule has 26 heavy (non-hydrogen) atoms. The van der Waals surface area contributed by atoms with Crippen molar-refractivity contribution in [3.63, 3.8) is 0 Å². The Morgan fingerprint density at radius 3 is 2.31 bits per heavy atom. The Balaban J connectivity index is 2.03. The number of sulfone groups is 1. The second-order valence-corrected chi connectivity index (χ2v) is 9.03. The number of halogens is 2. The molecule has 0 bridgehead atoms. The summed E-state index contributed by atoms with van der Waals surface area (Å²) in [6.07, 6.45) is 0. The van der Waals surface area contributed by atoms with Crippen LogP contribution in [0.3, 0.4) is 0 Å². The van der Waals surface area contributed by atoms with Crippen LogP contribution < -0.4 is 5.73 Å². The van der Waals surface area contributed by atoms with Gasteiger partial charge >= 0.3 is 0 Å². The van der Waals surface area contributed by atoms with Crippen molar-refractivity contribution in [3.8, 4) is 0 Å². The number of hydrogen-bond acceptors (Lipinski definition) is 4. The average Bonchev–Trinajstić information content (AvgIpc) is 3.31. The fourth-order valence-corrected chi connectivity index (χ4v) is 6.23. The van der Waals surface area contributed by atoms with Crippen molar-refractivity contribution in [3.05, 3.63) is 64.9 Å². The van der Waals surface area contributed by atoms with Gasteiger partial charge in [-0.25, -0.2) is 12.8 Å². The lowest BCUT2D eigenvalue weighted by Gasteiger charge is -2.16. The van der Waals surface area contributed by atoms with E-state index in [2.05, 4.69) is 0 Å². The summed E-state index contributed by atoms with van der Waals surface area (Å²) in [6, 6.07) is 12.0. The summed E-state index contributed by atoms with van der Waals surface area (Å²) in [5, 5.41) is -0.257. The van der Waals surface area contributed by atoms with Crippen LogP contribution in [0.5, 0.6) is 0 Å². The standard InChI is InChI=1S/C19H21ClFNO3S/c1-2-25-12-19(11-22)17(13-3-7-15(21)8-4-13)18(19)26(23,24)16-9-5-14(20)6-10-16/h3-10,17-18H,2,11-12,22H2,1H3/t17-,18-,19-/m1/s1. The van der Waals surface area contributed by atoms with E-state index in [9.17, 15) is 12.8 Å². The largest absolute Gasteiger partial charge is 0.381 e. The predicted octanol–water partition coefficient (Wildman–Crippen LogP) is 3.40. The first-order valence-corrected chi connectivity index (χ1v) is 10.3. The smallest absolute Gasteiger partial charge is 0.182 e. The molecule has 2 N–H and O–H groups in total. The quantitative estimate of drug-likeness (QED) is 0.777. The first kappa shape index (κ1) is 19.3. The van der Waals surface area contributed by atoms with Crippen molar-refractivity contribution in [2.24, 2.45) is 11.1 Å². The minimum atomic E-state index is -3.65. The molecule has 2 aromatic rings. The molecule has 1 saturated carbocycles. The number of ether oxygens (including phenoxy) is 1. The minimum absolute atomic E-state index is 0.159. The molecule has 7 heteroatoms. The zero-order chi connectivity index (χ0) is 18.9. The van der Waals surface area contributed by atoms with Crippen molar-refractivity contribution in [1.29, 1.82) is 0 Å². The first-order valence-electron chi connectivity index (χ1n) is 8.39. The molecular weight excluding hydrogens is 377 g/mol. The molecule has 1 aliphatic carbocycles. The number of hydrogen-bond donors (Lipinski definition) is 1. The zero-order valence-electron chi connectivity index (χ0n) is 14.4. The molecule has 1 aliphatic rings. The number of nitrogens with two attached hydrogens (primary N) is 1. The van der Waals surface area contributed by atoms with Crippen LogP contribution in [0.4, 0.5) is 4.39 Å². The highest BCUT2D eigenvalue weighted by atomic mass is 35.5. The molecule has 0 amide bonds. The van der Waals surface area contributed by atoms with Crippen LogP contribution in [0.25, 0.3) is 0 Å².